The van der Waals surface area contributed by atoms with E-state index < -0.39 is 8.32 Å². The van der Waals surface area contributed by atoms with Gasteiger partial charge in [-0.1, -0.05) is 94.4 Å². The molecule has 0 bridgehead atoms. The largest absolute Gasteiger partial charge is 0.463 e. The van der Waals surface area contributed by atoms with Crippen molar-refractivity contribution in [1.29, 1.82) is 0 Å². The van der Waals surface area contributed by atoms with Gasteiger partial charge in [0.25, 0.3) is 8.32 Å². The quantitative estimate of drug-likeness (QED) is 0.280. The average molecular weight is 439 g/mol. The fraction of sp³-hybridized carbons (Fsp3) is 0.444. The van der Waals surface area contributed by atoms with E-state index in [1.807, 2.05) is 19.9 Å². The minimum absolute atomic E-state index is 0.0180. The molecule has 0 N–H and O–H groups in total. The monoisotopic (exact) mass is 438 g/mol. The van der Waals surface area contributed by atoms with Crippen LogP contribution in [0.5, 0.6) is 0 Å². The summed E-state index contributed by atoms with van der Waals surface area (Å²) in [5.41, 5.74) is 0.682. The van der Waals surface area contributed by atoms with Gasteiger partial charge in [0, 0.05) is 12.2 Å². The molecule has 4 heteroatoms. The van der Waals surface area contributed by atoms with E-state index in [1.54, 1.807) is 0 Å². The van der Waals surface area contributed by atoms with E-state index in [4.69, 9.17) is 9.16 Å². The predicted octanol–water partition coefficient (Wildman–Crippen LogP) is 5.49. The molecule has 31 heavy (non-hydrogen) atoms. The summed E-state index contributed by atoms with van der Waals surface area (Å²) in [5, 5.41) is 2.59. The molecule has 0 unspecified atom stereocenters. The summed E-state index contributed by atoms with van der Waals surface area (Å²) in [6, 6.07) is 21.5. The highest BCUT2D eigenvalue weighted by molar-refractivity contribution is 6.99. The van der Waals surface area contributed by atoms with E-state index in [0.717, 1.165) is 12.8 Å². The average Bonchev–Trinajstić information content (AvgIpc) is 2.75. The van der Waals surface area contributed by atoms with Gasteiger partial charge in [0.2, 0.25) is 0 Å². The molecule has 0 spiro atoms. The topological polar surface area (TPSA) is 35.5 Å². The van der Waals surface area contributed by atoms with Crippen molar-refractivity contribution in [3.8, 4) is 0 Å². The van der Waals surface area contributed by atoms with Gasteiger partial charge in [-0.3, -0.25) is 0 Å². The van der Waals surface area contributed by atoms with E-state index in [-0.39, 0.29) is 11.0 Å². The Hall–Kier alpha value is -2.17. The molecule has 2 aromatic carbocycles. The Kier molecular flexibility index (Phi) is 9.26. The zero-order valence-corrected chi connectivity index (χ0v) is 21.0. The van der Waals surface area contributed by atoms with Crippen molar-refractivity contribution >= 4 is 24.7 Å². The van der Waals surface area contributed by atoms with Crippen molar-refractivity contribution < 1.29 is 14.0 Å². The summed E-state index contributed by atoms with van der Waals surface area (Å²) in [6.45, 7) is 13.9. The molecular weight excluding hydrogens is 400 g/mol. The molecule has 0 saturated carbocycles. The number of esters is 1. The van der Waals surface area contributed by atoms with Gasteiger partial charge < -0.3 is 9.16 Å². The van der Waals surface area contributed by atoms with Gasteiger partial charge in [-0.2, -0.15) is 0 Å². The Labute approximate surface area is 189 Å². The van der Waals surface area contributed by atoms with E-state index >= 15 is 0 Å². The molecule has 0 saturated heterocycles. The highest BCUT2D eigenvalue weighted by Crippen LogP contribution is 2.37. The highest BCUT2D eigenvalue weighted by Gasteiger charge is 2.50. The van der Waals surface area contributed by atoms with Crippen LogP contribution >= 0.6 is 0 Å². The molecule has 0 heterocycles. The van der Waals surface area contributed by atoms with Crippen LogP contribution in [0.15, 0.2) is 72.3 Å². The minimum Gasteiger partial charge on any atom is -0.463 e. The predicted molar refractivity (Wildman–Crippen MR) is 132 cm³/mol. The lowest BCUT2D eigenvalue weighted by Crippen LogP contribution is -2.66. The fourth-order valence-corrected chi connectivity index (χ4v) is 8.71. The van der Waals surface area contributed by atoms with Crippen LogP contribution in [0.3, 0.4) is 0 Å². The Balaban J connectivity index is 2.21. The van der Waals surface area contributed by atoms with E-state index in [0.29, 0.717) is 24.7 Å². The van der Waals surface area contributed by atoms with Crippen LogP contribution in [0, 0.1) is 5.92 Å². The smallest absolute Gasteiger partial charge is 0.333 e. The second kappa shape index (κ2) is 11.4. The summed E-state index contributed by atoms with van der Waals surface area (Å²) < 4.78 is 12.1. The van der Waals surface area contributed by atoms with Crippen molar-refractivity contribution in [3.63, 3.8) is 0 Å². The van der Waals surface area contributed by atoms with Gasteiger partial charge in [-0.05, 0) is 48.0 Å². The Morgan fingerprint density at radius 1 is 1.00 bits per heavy atom. The summed E-state index contributed by atoms with van der Waals surface area (Å²) >= 11 is 0. The van der Waals surface area contributed by atoms with Gasteiger partial charge in [0.15, 0.2) is 0 Å². The molecule has 2 rings (SSSR count). The Morgan fingerprint density at radius 2 is 1.52 bits per heavy atom. The molecule has 0 aromatic heterocycles. The molecule has 0 fully saturated rings. The number of allylic oxidation sites excluding steroid dienone is 1. The Bertz CT molecular complexity index is 798. The van der Waals surface area contributed by atoms with Crippen molar-refractivity contribution in [1.82, 2.24) is 0 Å². The number of rotatable bonds is 10. The van der Waals surface area contributed by atoms with E-state index in [2.05, 4.69) is 88.4 Å². The van der Waals surface area contributed by atoms with Crippen LogP contribution in [-0.4, -0.2) is 27.5 Å². The van der Waals surface area contributed by atoms with Gasteiger partial charge in [0.1, 0.15) is 0 Å². The lowest BCUT2D eigenvalue weighted by atomic mass is 10.1. The van der Waals surface area contributed by atoms with Crippen molar-refractivity contribution in [3.05, 3.63) is 72.3 Å². The zero-order chi connectivity index (χ0) is 22.9. The number of hydrogen-bond donors (Lipinski definition) is 0. The lowest BCUT2D eigenvalue weighted by Gasteiger charge is -2.43. The van der Waals surface area contributed by atoms with Crippen LogP contribution in [0.4, 0.5) is 0 Å². The van der Waals surface area contributed by atoms with Gasteiger partial charge >= 0.3 is 5.97 Å². The molecular formula is C27H38O3Si. The van der Waals surface area contributed by atoms with Crippen molar-refractivity contribution in [2.24, 2.45) is 5.92 Å². The SMILES string of the molecule is CCOC(=O)/C(C)=C/CC[C@H](C)CO[Si](c1ccccc1)(c1ccccc1)C(C)(C)C. The maximum atomic E-state index is 11.8. The molecule has 0 aliphatic rings. The minimum atomic E-state index is -2.49. The molecule has 1 atom stereocenters. The summed E-state index contributed by atoms with van der Waals surface area (Å²) in [4.78, 5) is 11.8. The first-order valence-corrected chi connectivity index (χ1v) is 13.2. The van der Waals surface area contributed by atoms with Crippen LogP contribution in [0.1, 0.15) is 54.4 Å². The fourth-order valence-electron chi connectivity index (χ4n) is 4.02. The van der Waals surface area contributed by atoms with E-state index in [1.165, 1.54) is 10.4 Å². The molecule has 0 aliphatic carbocycles. The van der Waals surface area contributed by atoms with E-state index in [9.17, 15) is 4.79 Å². The third kappa shape index (κ3) is 6.41. The second-order valence-electron chi connectivity index (χ2n) is 9.26. The normalized spacial score (nSPS) is 13.7. The maximum Gasteiger partial charge on any atom is 0.333 e. The van der Waals surface area contributed by atoms with Crippen LogP contribution in [0.2, 0.25) is 5.04 Å². The molecule has 0 radical (unpaired) electrons. The first-order valence-electron chi connectivity index (χ1n) is 11.3. The first kappa shape index (κ1) is 25.1. The number of carbonyl (C=O) groups excluding carboxylic acids is 1. The molecule has 0 aliphatic heterocycles. The Morgan fingerprint density at radius 3 is 1.97 bits per heavy atom. The molecule has 3 nitrogen and oxygen atoms in total. The van der Waals surface area contributed by atoms with Gasteiger partial charge in [-0.25, -0.2) is 4.79 Å². The van der Waals surface area contributed by atoms with Crippen molar-refractivity contribution in [2.75, 3.05) is 13.2 Å². The molecule has 2 aromatic rings. The zero-order valence-electron chi connectivity index (χ0n) is 20.0. The van der Waals surface area contributed by atoms with Crippen LogP contribution in [0.25, 0.3) is 0 Å². The maximum absolute atomic E-state index is 11.8. The standard InChI is InChI=1S/C27H38O3Si/c1-7-29-26(28)23(3)16-14-15-22(2)21-30-31(27(4,5)6,24-17-10-8-11-18-24)25-19-12-9-13-20-25/h8-13,16-20,22H,7,14-15,21H2,1-6H3/b23-16+/t22-/m0/s1. The number of benzene rings is 2. The van der Waals surface area contributed by atoms with Gasteiger partial charge in [0.05, 0.1) is 6.61 Å². The summed E-state index contributed by atoms with van der Waals surface area (Å²) in [5.74, 6) is 0.159. The third-order valence-electron chi connectivity index (χ3n) is 5.71. The number of carbonyl (C=O) groups is 1. The first-order chi connectivity index (χ1) is 14.7. The number of ether oxygens (including phenoxy) is 1. The third-order valence-corrected chi connectivity index (χ3v) is 10.7. The summed E-state index contributed by atoms with van der Waals surface area (Å²) in [7, 11) is -2.49. The lowest BCUT2D eigenvalue weighted by molar-refractivity contribution is -0.138. The second-order valence-corrected chi connectivity index (χ2v) is 13.6. The van der Waals surface area contributed by atoms with Crippen LogP contribution < -0.4 is 10.4 Å². The van der Waals surface area contributed by atoms with Crippen LogP contribution in [-0.2, 0) is 14.0 Å². The highest BCUT2D eigenvalue weighted by atomic mass is 28.4. The van der Waals surface area contributed by atoms with Gasteiger partial charge in [-0.15, -0.1) is 0 Å². The molecule has 0 amide bonds. The van der Waals surface area contributed by atoms with Crippen molar-refractivity contribution in [2.45, 2.75) is 59.4 Å². The summed E-state index contributed by atoms with van der Waals surface area (Å²) in [6.07, 6.45) is 3.79. The molecule has 168 valence electrons. The number of hydrogen-bond acceptors (Lipinski definition) is 3.